The van der Waals surface area contributed by atoms with Gasteiger partial charge in [-0.3, -0.25) is 4.79 Å². The molecule has 0 aliphatic carbocycles. The van der Waals surface area contributed by atoms with Crippen LogP contribution < -0.4 is 15.5 Å². The molecule has 0 aromatic heterocycles. The van der Waals surface area contributed by atoms with Crippen molar-refractivity contribution in [2.75, 3.05) is 29.9 Å². The molecule has 1 heterocycles. The number of amides is 1. The van der Waals surface area contributed by atoms with E-state index in [1.807, 2.05) is 72.8 Å². The Morgan fingerprint density at radius 3 is 2.12 bits per heavy atom. The van der Waals surface area contributed by atoms with Crippen LogP contribution >= 0.6 is 0 Å². The Labute approximate surface area is 239 Å². The monoisotopic (exact) mass is 561 g/mol. The molecule has 8 heteroatoms. The minimum absolute atomic E-state index is 0.0669. The van der Waals surface area contributed by atoms with Gasteiger partial charge in [0, 0.05) is 18.7 Å². The van der Waals surface area contributed by atoms with Crippen molar-refractivity contribution in [2.24, 2.45) is 0 Å². The second kappa shape index (κ2) is 11.7. The number of hydrogen-bond acceptors (Lipinski definition) is 6. The maximum absolute atomic E-state index is 12.9. The van der Waals surface area contributed by atoms with E-state index < -0.39 is 26.2 Å². The molecule has 0 bridgehead atoms. The van der Waals surface area contributed by atoms with Gasteiger partial charge in [0.2, 0.25) is 0 Å². The van der Waals surface area contributed by atoms with Gasteiger partial charge in [0.1, 0.15) is 6.17 Å². The van der Waals surface area contributed by atoms with Gasteiger partial charge >= 0.3 is 0 Å². The molecule has 0 fully saturated rings. The van der Waals surface area contributed by atoms with E-state index in [-0.39, 0.29) is 17.5 Å². The molecular weight excluding hydrogens is 518 g/mol. The van der Waals surface area contributed by atoms with Crippen molar-refractivity contribution in [1.82, 2.24) is 5.32 Å². The predicted octanol–water partition coefficient (Wildman–Crippen LogP) is 5.31. The van der Waals surface area contributed by atoms with E-state index in [0.717, 1.165) is 22.5 Å². The summed E-state index contributed by atoms with van der Waals surface area (Å²) < 4.78 is 6.57. The summed E-state index contributed by atoms with van der Waals surface area (Å²) >= 11 is 0. The molecule has 1 amide bonds. The Morgan fingerprint density at radius 1 is 1.02 bits per heavy atom. The first-order valence-corrected chi connectivity index (χ1v) is 16.9. The van der Waals surface area contributed by atoms with Crippen molar-refractivity contribution in [2.45, 2.75) is 63.7 Å². The van der Waals surface area contributed by atoms with E-state index in [4.69, 9.17) is 4.43 Å². The zero-order chi connectivity index (χ0) is 29.1. The van der Waals surface area contributed by atoms with Gasteiger partial charge in [0.05, 0.1) is 24.1 Å². The fraction of sp³-hybridized carbons (Fsp3) is 0.406. The summed E-state index contributed by atoms with van der Waals surface area (Å²) in [6.45, 7) is 13.9. The minimum atomic E-state index is -2.01. The average Bonchev–Trinajstić information content (AvgIpc) is 3.29. The highest BCUT2D eigenvalue weighted by atomic mass is 28.4. The van der Waals surface area contributed by atoms with E-state index >= 15 is 0 Å². The van der Waals surface area contributed by atoms with Crippen molar-refractivity contribution >= 4 is 25.6 Å². The third-order valence-electron chi connectivity index (χ3n) is 8.16. The molecule has 40 heavy (non-hydrogen) atoms. The molecule has 2 atom stereocenters. The molecule has 1 unspecified atom stereocenters. The van der Waals surface area contributed by atoms with Crippen LogP contribution in [0.2, 0.25) is 18.1 Å². The van der Waals surface area contributed by atoms with Crippen LogP contribution in [0.1, 0.15) is 49.2 Å². The number of fused-ring (bicyclic) bond motifs is 1. The van der Waals surface area contributed by atoms with Crippen LogP contribution in [-0.2, 0) is 10.0 Å². The molecule has 3 aromatic rings. The number of rotatable bonds is 10. The standard InChI is InChI=1S/C32H43N3O4Si/c1-23(36)22-33-29(37)24-17-18-27-28(21-24)35(19-20-39-40(5,6)31(2,3)4)30(34-27)32(38,25-13-9-7-10-14-25)26-15-11-8-12-16-26/h7-18,21,23,30,34,36,38H,19-20,22H2,1-6H3,(H,33,37)/t23-,30?/m1/s1. The predicted molar refractivity (Wildman–Crippen MR) is 164 cm³/mol. The molecule has 1 aliphatic rings. The number of nitrogens with zero attached hydrogens (tertiary/aromatic N) is 1. The number of hydrogen-bond donors (Lipinski definition) is 4. The summed E-state index contributed by atoms with van der Waals surface area (Å²) in [4.78, 5) is 15.0. The molecule has 0 saturated heterocycles. The molecule has 1 aliphatic heterocycles. The molecule has 3 aromatic carbocycles. The number of nitrogens with one attached hydrogen (secondary N) is 2. The van der Waals surface area contributed by atoms with Gasteiger partial charge in [-0.2, -0.15) is 0 Å². The first-order valence-electron chi connectivity index (χ1n) is 14.0. The zero-order valence-corrected chi connectivity index (χ0v) is 25.4. The van der Waals surface area contributed by atoms with Crippen LogP contribution in [0.25, 0.3) is 0 Å². The lowest BCUT2D eigenvalue weighted by Gasteiger charge is -2.42. The Bertz CT molecular complexity index is 1250. The average molecular weight is 562 g/mol. The molecular formula is C32H43N3O4Si. The zero-order valence-electron chi connectivity index (χ0n) is 24.4. The summed E-state index contributed by atoms with van der Waals surface area (Å²) in [7, 11) is -2.01. The summed E-state index contributed by atoms with van der Waals surface area (Å²) in [5.74, 6) is -0.258. The van der Waals surface area contributed by atoms with E-state index in [2.05, 4.69) is 49.4 Å². The second-order valence-corrected chi connectivity index (χ2v) is 16.9. The Hall–Kier alpha value is -3.17. The quantitative estimate of drug-likeness (QED) is 0.251. The van der Waals surface area contributed by atoms with Gasteiger partial charge in [-0.25, -0.2) is 0 Å². The van der Waals surface area contributed by atoms with Crippen molar-refractivity contribution in [3.8, 4) is 0 Å². The first-order chi connectivity index (χ1) is 18.8. The van der Waals surface area contributed by atoms with Gasteiger partial charge in [-0.05, 0) is 54.4 Å². The summed E-state index contributed by atoms with van der Waals surface area (Å²) in [5, 5.41) is 28.7. The largest absolute Gasteiger partial charge is 0.415 e. The van der Waals surface area contributed by atoms with Crippen LogP contribution in [0.3, 0.4) is 0 Å². The molecule has 4 N–H and O–H groups in total. The minimum Gasteiger partial charge on any atom is -0.415 e. The van der Waals surface area contributed by atoms with E-state index in [1.54, 1.807) is 13.0 Å². The van der Waals surface area contributed by atoms with Crippen LogP contribution in [0.4, 0.5) is 11.4 Å². The van der Waals surface area contributed by atoms with Crippen molar-refractivity contribution in [3.05, 3.63) is 95.6 Å². The number of carbonyl (C=O) groups is 1. The Kier molecular flexibility index (Phi) is 8.75. The van der Waals surface area contributed by atoms with E-state index in [1.165, 1.54) is 0 Å². The van der Waals surface area contributed by atoms with Gasteiger partial charge in [-0.15, -0.1) is 0 Å². The molecule has 7 nitrogen and oxygen atoms in total. The van der Waals surface area contributed by atoms with Crippen LogP contribution in [0.15, 0.2) is 78.9 Å². The maximum atomic E-state index is 12.9. The van der Waals surface area contributed by atoms with Gasteiger partial charge in [-0.1, -0.05) is 81.4 Å². The van der Waals surface area contributed by atoms with Crippen LogP contribution in [0.5, 0.6) is 0 Å². The SMILES string of the molecule is C[C@@H](O)CNC(=O)c1ccc2c(c1)N(CCO[Si](C)(C)C(C)(C)C)C(C(O)(c1ccccc1)c1ccccc1)N2. The van der Waals surface area contributed by atoms with Crippen molar-refractivity contribution < 1.29 is 19.4 Å². The Morgan fingerprint density at radius 2 is 1.60 bits per heavy atom. The second-order valence-electron chi connectivity index (χ2n) is 12.1. The van der Waals surface area contributed by atoms with Crippen LogP contribution in [0, 0.1) is 0 Å². The maximum Gasteiger partial charge on any atom is 0.251 e. The van der Waals surface area contributed by atoms with E-state index in [0.29, 0.717) is 18.7 Å². The lowest BCUT2D eigenvalue weighted by Crippen LogP contribution is -2.54. The fourth-order valence-electron chi connectivity index (χ4n) is 4.80. The third-order valence-corrected chi connectivity index (χ3v) is 12.7. The van der Waals surface area contributed by atoms with Crippen LogP contribution in [-0.4, -0.2) is 56.4 Å². The molecule has 214 valence electrons. The molecule has 0 spiro atoms. The molecule has 0 saturated carbocycles. The number of carbonyl (C=O) groups excluding carboxylic acids is 1. The fourth-order valence-corrected chi connectivity index (χ4v) is 5.84. The van der Waals surface area contributed by atoms with Gasteiger partial charge in [0.25, 0.3) is 5.91 Å². The third kappa shape index (κ3) is 6.10. The lowest BCUT2D eigenvalue weighted by atomic mass is 9.83. The highest BCUT2D eigenvalue weighted by molar-refractivity contribution is 6.74. The number of aliphatic hydroxyl groups is 2. The normalized spacial score (nSPS) is 16.3. The number of anilines is 2. The van der Waals surface area contributed by atoms with E-state index in [9.17, 15) is 15.0 Å². The summed E-state index contributed by atoms with van der Waals surface area (Å²) in [6, 6.07) is 24.9. The van der Waals surface area contributed by atoms with Gasteiger partial charge < -0.3 is 30.2 Å². The molecule has 4 rings (SSSR count). The summed E-state index contributed by atoms with van der Waals surface area (Å²) in [6.07, 6.45) is -1.20. The van der Waals surface area contributed by atoms with Crippen molar-refractivity contribution in [3.63, 3.8) is 0 Å². The number of aliphatic hydroxyl groups excluding tert-OH is 1. The number of benzene rings is 3. The Balaban J connectivity index is 1.76. The highest BCUT2D eigenvalue weighted by Gasteiger charge is 2.47. The summed E-state index contributed by atoms with van der Waals surface area (Å²) in [5.41, 5.74) is 2.25. The molecule has 0 radical (unpaired) electrons. The lowest BCUT2D eigenvalue weighted by molar-refractivity contribution is 0.0585. The smallest absolute Gasteiger partial charge is 0.251 e. The topological polar surface area (TPSA) is 94.1 Å². The van der Waals surface area contributed by atoms with Gasteiger partial charge in [0.15, 0.2) is 13.9 Å². The van der Waals surface area contributed by atoms with Crippen molar-refractivity contribution in [1.29, 1.82) is 0 Å². The first kappa shape index (κ1) is 29.8. The highest BCUT2D eigenvalue weighted by Crippen LogP contribution is 2.45.